The van der Waals surface area contributed by atoms with E-state index in [9.17, 15) is 9.59 Å². The zero-order chi connectivity index (χ0) is 20.5. The molecule has 2 heterocycles. The Morgan fingerprint density at radius 2 is 1.90 bits per heavy atom. The number of aromatic nitrogens is 3. The van der Waals surface area contributed by atoms with Gasteiger partial charge in [0.1, 0.15) is 5.82 Å². The summed E-state index contributed by atoms with van der Waals surface area (Å²) < 4.78 is 6.49. The van der Waals surface area contributed by atoms with Crippen LogP contribution < -0.4 is 4.90 Å². The molecule has 0 saturated carbocycles. The maximum absolute atomic E-state index is 13.2. The van der Waals surface area contributed by atoms with Gasteiger partial charge >= 0.3 is 5.97 Å². The highest BCUT2D eigenvalue weighted by Crippen LogP contribution is 2.31. The van der Waals surface area contributed by atoms with Gasteiger partial charge in [-0.2, -0.15) is 0 Å². The molecule has 0 bridgehead atoms. The molecule has 4 rings (SSSR count). The van der Waals surface area contributed by atoms with E-state index in [0.717, 1.165) is 17.7 Å². The molecular formula is C21H19ClN4O3. The second-order valence-electron chi connectivity index (χ2n) is 6.73. The summed E-state index contributed by atoms with van der Waals surface area (Å²) in [7, 11) is 1.35. The third kappa shape index (κ3) is 3.49. The van der Waals surface area contributed by atoms with Crippen molar-refractivity contribution >= 4 is 29.2 Å². The highest BCUT2D eigenvalue weighted by Gasteiger charge is 2.29. The van der Waals surface area contributed by atoms with E-state index in [-0.39, 0.29) is 11.7 Å². The zero-order valence-electron chi connectivity index (χ0n) is 16.1. The number of carbonyl (C=O) groups is 2. The van der Waals surface area contributed by atoms with Gasteiger partial charge in [0.05, 0.1) is 18.4 Å². The van der Waals surface area contributed by atoms with E-state index in [2.05, 4.69) is 10.1 Å². The van der Waals surface area contributed by atoms with Crippen LogP contribution in [-0.4, -0.2) is 40.3 Å². The molecule has 0 aliphatic carbocycles. The SMILES string of the molecule is COC(=O)c1cccc2c1CCCN2C(=O)c1nc(C)n(-c2ccc(Cl)cc2)n1. The minimum absolute atomic E-state index is 0.105. The molecule has 2 aromatic carbocycles. The second-order valence-corrected chi connectivity index (χ2v) is 7.16. The van der Waals surface area contributed by atoms with E-state index in [0.29, 0.717) is 35.1 Å². The molecule has 29 heavy (non-hydrogen) atoms. The molecule has 0 spiro atoms. The number of carbonyl (C=O) groups excluding carboxylic acids is 2. The standard InChI is InChI=1S/C21H19ClN4O3/c1-13-23-19(24-26(13)15-10-8-14(22)9-11-15)20(27)25-12-4-6-16-17(21(28)29-2)5-3-7-18(16)25/h3,5,7-11H,4,6,12H2,1-2H3. The van der Waals surface area contributed by atoms with E-state index in [1.807, 2.05) is 18.2 Å². The molecular weight excluding hydrogens is 392 g/mol. The van der Waals surface area contributed by atoms with Crippen LogP contribution in [0.25, 0.3) is 5.69 Å². The van der Waals surface area contributed by atoms with Gasteiger partial charge < -0.3 is 9.64 Å². The Balaban J connectivity index is 1.70. The summed E-state index contributed by atoms with van der Waals surface area (Å²) in [6.45, 7) is 2.32. The molecule has 0 fully saturated rings. The van der Waals surface area contributed by atoms with Gasteiger partial charge in [0, 0.05) is 17.3 Å². The monoisotopic (exact) mass is 410 g/mol. The number of methoxy groups -OCH3 is 1. The number of esters is 1. The Morgan fingerprint density at radius 1 is 1.14 bits per heavy atom. The third-order valence-electron chi connectivity index (χ3n) is 4.93. The molecule has 0 saturated heterocycles. The van der Waals surface area contributed by atoms with E-state index >= 15 is 0 Å². The fraction of sp³-hybridized carbons (Fsp3) is 0.238. The predicted octanol–water partition coefficient (Wildman–Crippen LogP) is 3.61. The number of amides is 1. The molecule has 1 amide bonds. The van der Waals surface area contributed by atoms with Gasteiger partial charge in [-0.3, -0.25) is 4.79 Å². The van der Waals surface area contributed by atoms with Gasteiger partial charge in [-0.05, 0) is 61.7 Å². The summed E-state index contributed by atoms with van der Waals surface area (Å²) in [4.78, 5) is 31.3. The first-order chi connectivity index (χ1) is 14.0. The largest absolute Gasteiger partial charge is 0.465 e. The first-order valence-corrected chi connectivity index (χ1v) is 9.59. The van der Waals surface area contributed by atoms with Crippen LogP contribution in [0.3, 0.4) is 0 Å². The van der Waals surface area contributed by atoms with Crippen LogP contribution >= 0.6 is 11.6 Å². The van der Waals surface area contributed by atoms with Crippen molar-refractivity contribution in [2.24, 2.45) is 0 Å². The topological polar surface area (TPSA) is 77.3 Å². The van der Waals surface area contributed by atoms with Crippen LogP contribution in [0.4, 0.5) is 5.69 Å². The first-order valence-electron chi connectivity index (χ1n) is 9.21. The molecule has 0 unspecified atom stereocenters. The maximum Gasteiger partial charge on any atom is 0.338 e. The van der Waals surface area contributed by atoms with Gasteiger partial charge in [0.15, 0.2) is 0 Å². The number of benzene rings is 2. The van der Waals surface area contributed by atoms with Crippen LogP contribution in [0.1, 0.15) is 38.8 Å². The lowest BCUT2D eigenvalue weighted by Gasteiger charge is -2.29. The lowest BCUT2D eigenvalue weighted by molar-refractivity contribution is 0.0599. The summed E-state index contributed by atoms with van der Waals surface area (Å²) in [5.41, 5.74) is 2.77. The molecule has 8 heteroatoms. The normalized spacial score (nSPS) is 13.1. The molecule has 3 aromatic rings. The van der Waals surface area contributed by atoms with Crippen molar-refractivity contribution in [3.05, 3.63) is 70.3 Å². The van der Waals surface area contributed by atoms with Gasteiger partial charge in [-0.1, -0.05) is 17.7 Å². The van der Waals surface area contributed by atoms with Gasteiger partial charge in [0.25, 0.3) is 5.91 Å². The van der Waals surface area contributed by atoms with Crippen molar-refractivity contribution in [1.82, 2.24) is 14.8 Å². The maximum atomic E-state index is 13.2. The molecule has 148 valence electrons. The van der Waals surface area contributed by atoms with Crippen LogP contribution in [0.2, 0.25) is 5.02 Å². The van der Waals surface area contributed by atoms with Crippen molar-refractivity contribution in [2.75, 3.05) is 18.6 Å². The Bertz CT molecular complexity index is 1090. The van der Waals surface area contributed by atoms with Crippen molar-refractivity contribution in [1.29, 1.82) is 0 Å². The van der Waals surface area contributed by atoms with Crippen molar-refractivity contribution < 1.29 is 14.3 Å². The highest BCUT2D eigenvalue weighted by molar-refractivity contribution is 6.30. The average molecular weight is 411 g/mol. The molecule has 0 N–H and O–H groups in total. The van der Waals surface area contributed by atoms with Crippen molar-refractivity contribution in [2.45, 2.75) is 19.8 Å². The molecule has 1 aromatic heterocycles. The summed E-state index contributed by atoms with van der Waals surface area (Å²) >= 11 is 5.95. The minimum Gasteiger partial charge on any atom is -0.465 e. The first kappa shape index (κ1) is 19.1. The number of hydrogen-bond donors (Lipinski definition) is 0. The van der Waals surface area contributed by atoms with Crippen LogP contribution in [0.15, 0.2) is 42.5 Å². The van der Waals surface area contributed by atoms with Crippen molar-refractivity contribution in [3.8, 4) is 5.69 Å². The molecule has 0 atom stereocenters. The molecule has 1 aliphatic heterocycles. The Hall–Kier alpha value is -3.19. The van der Waals surface area contributed by atoms with Gasteiger partial charge in [-0.25, -0.2) is 14.5 Å². The summed E-state index contributed by atoms with van der Waals surface area (Å²) in [5.74, 6) is -0.00842. The fourth-order valence-corrected chi connectivity index (χ4v) is 3.69. The highest BCUT2D eigenvalue weighted by atomic mass is 35.5. The summed E-state index contributed by atoms with van der Waals surface area (Å²) in [6, 6.07) is 12.5. The minimum atomic E-state index is -0.405. The van der Waals surface area contributed by atoms with Gasteiger partial charge in [0.2, 0.25) is 5.82 Å². The quantitative estimate of drug-likeness (QED) is 0.616. The molecule has 0 radical (unpaired) electrons. The lowest BCUT2D eigenvalue weighted by Crippen LogP contribution is -2.36. The Morgan fingerprint density at radius 3 is 2.62 bits per heavy atom. The number of halogens is 1. The van der Waals surface area contributed by atoms with Crippen LogP contribution in [0, 0.1) is 6.92 Å². The Labute approximate surface area is 172 Å². The van der Waals surface area contributed by atoms with Crippen LogP contribution in [0.5, 0.6) is 0 Å². The predicted molar refractivity (Wildman–Crippen MR) is 109 cm³/mol. The fourth-order valence-electron chi connectivity index (χ4n) is 3.57. The molecule has 1 aliphatic rings. The van der Waals surface area contributed by atoms with Crippen LogP contribution in [-0.2, 0) is 11.2 Å². The average Bonchev–Trinajstić information content (AvgIpc) is 3.14. The van der Waals surface area contributed by atoms with Gasteiger partial charge in [-0.15, -0.1) is 5.10 Å². The number of nitrogens with zero attached hydrogens (tertiary/aromatic N) is 4. The number of fused-ring (bicyclic) bond motifs is 1. The number of rotatable bonds is 3. The zero-order valence-corrected chi connectivity index (χ0v) is 16.8. The van der Waals surface area contributed by atoms with E-state index in [1.54, 1.807) is 40.8 Å². The third-order valence-corrected chi connectivity index (χ3v) is 5.18. The Kier molecular flexibility index (Phi) is 5.07. The number of ether oxygens (including phenoxy) is 1. The summed E-state index contributed by atoms with van der Waals surface area (Å²) in [6.07, 6.45) is 1.44. The molecule has 7 nitrogen and oxygen atoms in total. The van der Waals surface area contributed by atoms with E-state index < -0.39 is 5.97 Å². The van der Waals surface area contributed by atoms with E-state index in [1.165, 1.54) is 7.11 Å². The smallest absolute Gasteiger partial charge is 0.338 e. The van der Waals surface area contributed by atoms with E-state index in [4.69, 9.17) is 16.3 Å². The number of anilines is 1. The number of aryl methyl sites for hydroxylation is 1. The lowest BCUT2D eigenvalue weighted by atomic mass is 9.96. The second kappa shape index (κ2) is 7.67. The van der Waals surface area contributed by atoms with Crippen molar-refractivity contribution in [3.63, 3.8) is 0 Å². The summed E-state index contributed by atoms with van der Waals surface area (Å²) in [5, 5.41) is 5.03. The number of hydrogen-bond acceptors (Lipinski definition) is 5.